The molecule has 0 saturated carbocycles. The van der Waals surface area contributed by atoms with Crippen molar-refractivity contribution in [1.82, 2.24) is 0 Å². The zero-order valence-electron chi connectivity index (χ0n) is 19.0. The molecule has 0 aromatic heterocycles. The number of carbonyl (C=O) groups excluding carboxylic acids is 1. The fourth-order valence-electron chi connectivity index (χ4n) is 3.45. The molecule has 3 aromatic carbocycles. The molecule has 35 heavy (non-hydrogen) atoms. The van der Waals surface area contributed by atoms with E-state index >= 15 is 0 Å². The number of halogens is 1. The summed E-state index contributed by atoms with van der Waals surface area (Å²) in [6.45, 7) is 4.56. The minimum Gasteiger partial charge on any atom is -0.490 e. The van der Waals surface area contributed by atoms with Crippen molar-refractivity contribution >= 4 is 35.2 Å². The van der Waals surface area contributed by atoms with E-state index in [-0.39, 0.29) is 17.3 Å². The molecule has 0 spiro atoms. The van der Waals surface area contributed by atoms with E-state index in [2.05, 4.69) is 4.99 Å². The Morgan fingerprint density at radius 3 is 2.57 bits per heavy atom. The molecular formula is C26H21ClN2O6. The number of nitrogens with zero attached hydrogens (tertiary/aromatic N) is 2. The number of nitro groups is 1. The van der Waals surface area contributed by atoms with E-state index in [1.54, 1.807) is 12.1 Å². The number of aryl methyl sites for hydroxylation is 1. The van der Waals surface area contributed by atoms with Gasteiger partial charge in [0.25, 0.3) is 5.69 Å². The van der Waals surface area contributed by atoms with Crippen LogP contribution >= 0.6 is 11.6 Å². The summed E-state index contributed by atoms with van der Waals surface area (Å²) in [4.78, 5) is 27.0. The Kier molecular flexibility index (Phi) is 7.12. The first kappa shape index (κ1) is 24.0. The first-order valence-electron chi connectivity index (χ1n) is 10.8. The molecule has 8 nitrogen and oxygen atoms in total. The summed E-state index contributed by atoms with van der Waals surface area (Å²) in [5, 5.41) is 11.2. The van der Waals surface area contributed by atoms with E-state index in [4.69, 9.17) is 25.8 Å². The Balaban J connectivity index is 1.59. The standard InChI is InChI=1S/C26H21ClN2O6/c1-3-33-23-14-18(12-21(27)24(23)34-15-17-6-4-5-16(2)11-17)13-22-26(30)35-25(28-22)19-7-9-20(10-8-19)29(31)32/h4-14H,3,15H2,1-2H3/b22-13-. The van der Waals surface area contributed by atoms with E-state index in [1.807, 2.05) is 38.1 Å². The number of nitro benzene ring substituents is 1. The Hall–Kier alpha value is -4.17. The van der Waals surface area contributed by atoms with E-state index in [0.29, 0.717) is 40.9 Å². The second kappa shape index (κ2) is 10.4. The highest BCUT2D eigenvalue weighted by molar-refractivity contribution is 6.32. The molecule has 0 bridgehead atoms. The first-order chi connectivity index (χ1) is 16.8. The van der Waals surface area contributed by atoms with Crippen LogP contribution in [0.4, 0.5) is 5.69 Å². The maximum absolute atomic E-state index is 12.4. The number of carbonyl (C=O) groups is 1. The highest BCUT2D eigenvalue weighted by Crippen LogP contribution is 2.38. The van der Waals surface area contributed by atoms with Crippen LogP contribution in [0, 0.1) is 17.0 Å². The number of hydrogen-bond acceptors (Lipinski definition) is 7. The highest BCUT2D eigenvalue weighted by Gasteiger charge is 2.25. The lowest BCUT2D eigenvalue weighted by atomic mass is 10.1. The van der Waals surface area contributed by atoms with Crippen molar-refractivity contribution < 1.29 is 23.9 Å². The Bertz CT molecular complexity index is 1350. The SMILES string of the molecule is CCOc1cc(/C=C2\N=C(c3ccc([N+](=O)[O-])cc3)OC2=O)cc(Cl)c1OCc1cccc(C)c1. The number of rotatable bonds is 8. The van der Waals surface area contributed by atoms with E-state index in [1.165, 1.54) is 30.3 Å². The average molecular weight is 493 g/mol. The largest absolute Gasteiger partial charge is 0.490 e. The quantitative estimate of drug-likeness (QED) is 0.168. The zero-order valence-corrected chi connectivity index (χ0v) is 19.7. The third-order valence-corrected chi connectivity index (χ3v) is 5.33. The normalized spacial score (nSPS) is 14.0. The third kappa shape index (κ3) is 5.67. The van der Waals surface area contributed by atoms with E-state index in [9.17, 15) is 14.9 Å². The summed E-state index contributed by atoms with van der Waals surface area (Å²) in [6, 6.07) is 16.9. The number of hydrogen-bond donors (Lipinski definition) is 0. The lowest BCUT2D eigenvalue weighted by molar-refractivity contribution is -0.384. The van der Waals surface area contributed by atoms with Gasteiger partial charge < -0.3 is 14.2 Å². The van der Waals surface area contributed by atoms with Gasteiger partial charge in [0.05, 0.1) is 16.6 Å². The van der Waals surface area contributed by atoms with Crippen LogP contribution in [-0.4, -0.2) is 23.4 Å². The Morgan fingerprint density at radius 2 is 1.89 bits per heavy atom. The van der Waals surface area contributed by atoms with Gasteiger partial charge in [0.15, 0.2) is 17.2 Å². The van der Waals surface area contributed by atoms with E-state index < -0.39 is 10.9 Å². The van der Waals surface area contributed by atoms with Crippen LogP contribution in [-0.2, 0) is 16.1 Å². The molecule has 0 saturated heterocycles. The van der Waals surface area contributed by atoms with Gasteiger partial charge in [-0.2, -0.15) is 0 Å². The maximum atomic E-state index is 12.4. The molecule has 0 amide bonds. The molecule has 1 heterocycles. The highest BCUT2D eigenvalue weighted by atomic mass is 35.5. The van der Waals surface area contributed by atoms with Crippen LogP contribution in [0.3, 0.4) is 0 Å². The predicted molar refractivity (Wildman–Crippen MR) is 132 cm³/mol. The molecule has 0 aliphatic carbocycles. The van der Waals surface area contributed by atoms with Gasteiger partial charge in [-0.25, -0.2) is 9.79 Å². The molecule has 1 aliphatic heterocycles. The molecule has 0 radical (unpaired) electrons. The van der Waals surface area contributed by atoms with Gasteiger partial charge >= 0.3 is 5.97 Å². The first-order valence-corrected chi connectivity index (χ1v) is 11.1. The van der Waals surface area contributed by atoms with Crippen molar-refractivity contribution in [3.8, 4) is 11.5 Å². The molecule has 0 atom stereocenters. The summed E-state index contributed by atoms with van der Waals surface area (Å²) in [6.07, 6.45) is 1.53. The number of cyclic esters (lactones) is 1. The summed E-state index contributed by atoms with van der Waals surface area (Å²) in [5.41, 5.74) is 3.13. The predicted octanol–water partition coefficient (Wildman–Crippen LogP) is 5.88. The molecule has 178 valence electrons. The van der Waals surface area contributed by atoms with Crippen molar-refractivity contribution in [2.24, 2.45) is 4.99 Å². The van der Waals surface area contributed by atoms with Crippen LogP contribution in [0.1, 0.15) is 29.2 Å². The maximum Gasteiger partial charge on any atom is 0.363 e. The lowest BCUT2D eigenvalue weighted by Gasteiger charge is -2.15. The summed E-state index contributed by atoms with van der Waals surface area (Å²) < 4.78 is 16.9. The summed E-state index contributed by atoms with van der Waals surface area (Å²) in [5.74, 6) is 0.254. The molecular weight excluding hydrogens is 472 g/mol. The molecule has 0 unspecified atom stereocenters. The van der Waals surface area contributed by atoms with Gasteiger partial charge in [-0.15, -0.1) is 0 Å². The summed E-state index contributed by atoms with van der Waals surface area (Å²) in [7, 11) is 0. The van der Waals surface area contributed by atoms with Crippen LogP contribution < -0.4 is 9.47 Å². The minimum absolute atomic E-state index is 0.0605. The van der Waals surface area contributed by atoms with Gasteiger partial charge in [-0.05, 0) is 55.3 Å². The molecule has 0 N–H and O–H groups in total. The zero-order chi connectivity index (χ0) is 24.9. The van der Waals surface area contributed by atoms with E-state index in [0.717, 1.165) is 11.1 Å². The Labute approximate surface area is 206 Å². The number of esters is 1. The van der Waals surface area contributed by atoms with Crippen molar-refractivity contribution in [3.63, 3.8) is 0 Å². The molecule has 3 aromatic rings. The van der Waals surface area contributed by atoms with Crippen molar-refractivity contribution in [1.29, 1.82) is 0 Å². The van der Waals surface area contributed by atoms with Crippen molar-refractivity contribution in [3.05, 3.63) is 104 Å². The van der Waals surface area contributed by atoms with Gasteiger partial charge in [0, 0.05) is 17.7 Å². The topological polar surface area (TPSA) is 100 Å². The van der Waals surface area contributed by atoms with Crippen LogP contribution in [0.15, 0.2) is 71.4 Å². The Morgan fingerprint density at radius 1 is 1.11 bits per heavy atom. The molecule has 4 rings (SSSR count). The number of ether oxygens (including phenoxy) is 3. The van der Waals surface area contributed by atoms with Crippen molar-refractivity contribution in [2.75, 3.05) is 6.61 Å². The number of aliphatic imine (C=N–C) groups is 1. The smallest absolute Gasteiger partial charge is 0.363 e. The molecule has 0 fully saturated rings. The number of benzene rings is 3. The number of non-ortho nitro benzene ring substituents is 1. The van der Waals surface area contributed by atoms with Gasteiger partial charge in [0.1, 0.15) is 6.61 Å². The van der Waals surface area contributed by atoms with Gasteiger partial charge in [0.2, 0.25) is 5.90 Å². The average Bonchev–Trinajstić information content (AvgIpc) is 3.19. The molecule has 9 heteroatoms. The third-order valence-electron chi connectivity index (χ3n) is 5.05. The monoisotopic (exact) mass is 492 g/mol. The second-order valence-electron chi connectivity index (χ2n) is 7.68. The minimum atomic E-state index is -0.646. The molecule has 1 aliphatic rings. The second-order valence-corrected chi connectivity index (χ2v) is 8.09. The van der Waals surface area contributed by atoms with Gasteiger partial charge in [-0.3, -0.25) is 10.1 Å². The van der Waals surface area contributed by atoms with Crippen LogP contribution in [0.5, 0.6) is 11.5 Å². The summed E-state index contributed by atoms with van der Waals surface area (Å²) >= 11 is 6.51. The van der Waals surface area contributed by atoms with Crippen LogP contribution in [0.2, 0.25) is 5.02 Å². The van der Waals surface area contributed by atoms with Crippen molar-refractivity contribution in [2.45, 2.75) is 20.5 Å². The fourth-order valence-corrected chi connectivity index (χ4v) is 3.72. The fraction of sp³-hybridized carbons (Fsp3) is 0.154. The lowest BCUT2D eigenvalue weighted by Crippen LogP contribution is -2.05. The van der Waals surface area contributed by atoms with Gasteiger partial charge in [-0.1, -0.05) is 41.4 Å². The van der Waals surface area contributed by atoms with Crippen LogP contribution in [0.25, 0.3) is 6.08 Å².